The molecule has 7 nitrogen and oxygen atoms in total. The molecule has 1 fully saturated rings. The van der Waals surface area contributed by atoms with Crippen LogP contribution in [0.2, 0.25) is 0 Å². The summed E-state index contributed by atoms with van der Waals surface area (Å²) in [6.07, 6.45) is 4.70. The fraction of sp³-hybridized carbons (Fsp3) is 0.529. The van der Waals surface area contributed by atoms with Crippen LogP contribution in [0, 0.1) is 0 Å². The van der Waals surface area contributed by atoms with E-state index >= 15 is 0 Å². The van der Waals surface area contributed by atoms with E-state index in [-0.39, 0.29) is 29.5 Å². The summed E-state index contributed by atoms with van der Waals surface area (Å²) in [5, 5.41) is 11.1. The number of benzene rings is 1. The molecule has 25 heavy (non-hydrogen) atoms. The molecule has 8 heteroatoms. The molecule has 0 heterocycles. The predicted octanol–water partition coefficient (Wildman–Crippen LogP) is 1.84. The first-order valence-electron chi connectivity index (χ1n) is 8.40. The molecule has 0 aliphatic heterocycles. The zero-order valence-electron chi connectivity index (χ0n) is 14.3. The van der Waals surface area contributed by atoms with Gasteiger partial charge in [0.1, 0.15) is 0 Å². The summed E-state index contributed by atoms with van der Waals surface area (Å²) in [6.45, 7) is -0.00682. The minimum atomic E-state index is -3.67. The summed E-state index contributed by atoms with van der Waals surface area (Å²) in [5.74, 6) is -1.50. The van der Waals surface area contributed by atoms with Gasteiger partial charge in [-0.2, -0.15) is 4.31 Å². The third-order valence-electron chi connectivity index (χ3n) is 4.49. The van der Waals surface area contributed by atoms with Gasteiger partial charge in [-0.15, -0.1) is 0 Å². The molecule has 2 rings (SSSR count). The second-order valence-electron chi connectivity index (χ2n) is 6.24. The van der Waals surface area contributed by atoms with Gasteiger partial charge in [-0.25, -0.2) is 8.42 Å². The monoisotopic (exact) mass is 368 g/mol. The summed E-state index contributed by atoms with van der Waals surface area (Å²) in [4.78, 5) is 22.6. The van der Waals surface area contributed by atoms with Crippen LogP contribution in [0.4, 0.5) is 0 Å². The molecule has 1 aromatic rings. The Balaban J connectivity index is 2.13. The Morgan fingerprint density at radius 2 is 1.92 bits per heavy atom. The molecular formula is C17H24N2O5S. The number of aliphatic carboxylic acids is 1. The van der Waals surface area contributed by atoms with Crippen LogP contribution < -0.4 is 5.32 Å². The number of hydrogen-bond acceptors (Lipinski definition) is 4. The molecular weight excluding hydrogens is 344 g/mol. The third kappa shape index (κ3) is 5.02. The molecule has 1 aromatic carbocycles. The van der Waals surface area contributed by atoms with Crippen LogP contribution in [0.3, 0.4) is 0 Å². The van der Waals surface area contributed by atoms with Crippen molar-refractivity contribution >= 4 is 21.9 Å². The number of amides is 1. The second kappa shape index (κ2) is 8.44. The second-order valence-corrected chi connectivity index (χ2v) is 8.24. The highest BCUT2D eigenvalue weighted by Crippen LogP contribution is 2.26. The molecule has 0 radical (unpaired) electrons. The molecule has 138 valence electrons. The normalized spacial score (nSPS) is 15.9. The average molecular weight is 368 g/mol. The van der Waals surface area contributed by atoms with Crippen molar-refractivity contribution in [2.45, 2.75) is 49.5 Å². The number of sulfonamides is 1. The van der Waals surface area contributed by atoms with Crippen LogP contribution in [0.15, 0.2) is 29.2 Å². The van der Waals surface area contributed by atoms with Gasteiger partial charge in [0.25, 0.3) is 5.91 Å². The van der Waals surface area contributed by atoms with E-state index in [2.05, 4.69) is 5.32 Å². The maximum atomic E-state index is 12.8. The van der Waals surface area contributed by atoms with Crippen molar-refractivity contribution in [1.29, 1.82) is 0 Å². The van der Waals surface area contributed by atoms with Crippen LogP contribution in [-0.2, 0) is 14.8 Å². The minimum absolute atomic E-state index is 0.00682. The largest absolute Gasteiger partial charge is 0.481 e. The van der Waals surface area contributed by atoms with Crippen molar-refractivity contribution in [3.05, 3.63) is 29.8 Å². The van der Waals surface area contributed by atoms with E-state index in [1.807, 2.05) is 0 Å². The molecule has 0 unspecified atom stereocenters. The Bertz CT molecular complexity index is 726. The fourth-order valence-corrected chi connectivity index (χ4v) is 4.45. The maximum Gasteiger partial charge on any atom is 0.305 e. The van der Waals surface area contributed by atoms with Crippen LogP contribution in [0.25, 0.3) is 0 Å². The Morgan fingerprint density at radius 3 is 2.56 bits per heavy atom. The Kier molecular flexibility index (Phi) is 6.55. The lowest BCUT2D eigenvalue weighted by molar-refractivity contribution is -0.136. The standard InChI is InChI=1S/C17H24N2O5S/c1-19(14-7-3-2-4-8-14)25(23,24)15-9-5-6-13(12-15)17(22)18-11-10-16(20)21/h5-6,9,12,14H,2-4,7-8,10-11H2,1H3,(H,18,22)(H,20,21). The van der Waals surface area contributed by atoms with Gasteiger partial charge in [-0.05, 0) is 31.0 Å². The number of carboxylic acids is 1. The van der Waals surface area contributed by atoms with Gasteiger partial charge >= 0.3 is 5.97 Å². The zero-order valence-corrected chi connectivity index (χ0v) is 15.1. The highest BCUT2D eigenvalue weighted by Gasteiger charge is 2.29. The van der Waals surface area contributed by atoms with Gasteiger partial charge in [0, 0.05) is 25.2 Å². The lowest BCUT2D eigenvalue weighted by Crippen LogP contribution is -2.38. The molecule has 0 atom stereocenters. The van der Waals surface area contributed by atoms with Crippen LogP contribution >= 0.6 is 0 Å². The first-order valence-corrected chi connectivity index (χ1v) is 9.84. The average Bonchev–Trinajstić information content (AvgIpc) is 2.61. The third-order valence-corrected chi connectivity index (χ3v) is 6.39. The molecule has 1 aliphatic rings. The van der Waals surface area contributed by atoms with Crippen molar-refractivity contribution in [3.8, 4) is 0 Å². The number of rotatable bonds is 7. The number of carbonyl (C=O) groups is 2. The summed E-state index contributed by atoms with van der Waals surface area (Å²) in [5.41, 5.74) is 0.198. The van der Waals surface area contributed by atoms with Crippen LogP contribution in [0.5, 0.6) is 0 Å². The van der Waals surface area contributed by atoms with Crippen molar-refractivity contribution in [1.82, 2.24) is 9.62 Å². The summed E-state index contributed by atoms with van der Waals surface area (Å²) >= 11 is 0. The molecule has 1 saturated carbocycles. The molecule has 0 bridgehead atoms. The van der Waals surface area contributed by atoms with Gasteiger partial charge in [0.05, 0.1) is 11.3 Å². The minimum Gasteiger partial charge on any atom is -0.481 e. The topological polar surface area (TPSA) is 104 Å². The molecule has 1 aliphatic carbocycles. The first kappa shape index (κ1) is 19.4. The number of carbonyl (C=O) groups excluding carboxylic acids is 1. The molecule has 0 spiro atoms. The summed E-state index contributed by atoms with van der Waals surface area (Å²) < 4.78 is 27.1. The van der Waals surface area contributed by atoms with Crippen molar-refractivity contribution in [3.63, 3.8) is 0 Å². The number of hydrogen-bond donors (Lipinski definition) is 2. The van der Waals surface area contributed by atoms with E-state index < -0.39 is 21.9 Å². The van der Waals surface area contributed by atoms with E-state index in [9.17, 15) is 18.0 Å². The Morgan fingerprint density at radius 1 is 1.24 bits per heavy atom. The van der Waals surface area contributed by atoms with E-state index in [1.165, 1.54) is 28.6 Å². The molecule has 2 N–H and O–H groups in total. The fourth-order valence-electron chi connectivity index (χ4n) is 2.99. The quantitative estimate of drug-likeness (QED) is 0.764. The maximum absolute atomic E-state index is 12.8. The molecule has 1 amide bonds. The highest BCUT2D eigenvalue weighted by molar-refractivity contribution is 7.89. The number of nitrogens with one attached hydrogen (secondary N) is 1. The number of nitrogens with zero attached hydrogens (tertiary/aromatic N) is 1. The van der Waals surface area contributed by atoms with E-state index in [1.54, 1.807) is 7.05 Å². The highest BCUT2D eigenvalue weighted by atomic mass is 32.2. The van der Waals surface area contributed by atoms with Crippen LogP contribution in [0.1, 0.15) is 48.9 Å². The Hall–Kier alpha value is -1.93. The molecule has 0 aromatic heterocycles. The lowest BCUT2D eigenvalue weighted by Gasteiger charge is -2.30. The predicted molar refractivity (Wildman–Crippen MR) is 92.8 cm³/mol. The Labute approximate surface area is 148 Å². The van der Waals surface area contributed by atoms with Gasteiger partial charge in [-0.3, -0.25) is 9.59 Å². The lowest BCUT2D eigenvalue weighted by atomic mass is 9.96. The van der Waals surface area contributed by atoms with Crippen molar-refractivity contribution in [2.75, 3.05) is 13.6 Å². The van der Waals surface area contributed by atoms with Gasteiger partial charge < -0.3 is 10.4 Å². The van der Waals surface area contributed by atoms with Crippen molar-refractivity contribution < 1.29 is 23.1 Å². The van der Waals surface area contributed by atoms with Gasteiger partial charge in [0.2, 0.25) is 10.0 Å². The van der Waals surface area contributed by atoms with E-state index in [4.69, 9.17) is 5.11 Å². The first-order chi connectivity index (χ1) is 11.8. The van der Waals surface area contributed by atoms with Gasteiger partial charge in [0.15, 0.2) is 0 Å². The van der Waals surface area contributed by atoms with E-state index in [0.29, 0.717) is 0 Å². The smallest absolute Gasteiger partial charge is 0.305 e. The van der Waals surface area contributed by atoms with E-state index in [0.717, 1.165) is 32.1 Å². The zero-order chi connectivity index (χ0) is 18.4. The molecule has 0 saturated heterocycles. The van der Waals surface area contributed by atoms with Gasteiger partial charge in [-0.1, -0.05) is 25.3 Å². The number of carboxylic acid groups (broad SMARTS) is 1. The van der Waals surface area contributed by atoms with Crippen LogP contribution in [-0.4, -0.2) is 49.3 Å². The summed E-state index contributed by atoms with van der Waals surface area (Å²) in [6, 6.07) is 5.84. The summed E-state index contributed by atoms with van der Waals surface area (Å²) in [7, 11) is -2.08. The van der Waals surface area contributed by atoms with Crippen molar-refractivity contribution in [2.24, 2.45) is 0 Å². The SMILES string of the molecule is CN(C1CCCCC1)S(=O)(=O)c1cccc(C(=O)NCCC(=O)O)c1.